The molecule has 1 aromatic carbocycles. The minimum Gasteiger partial charge on any atom is -0.508 e. The van der Waals surface area contributed by atoms with E-state index in [1.165, 1.54) is 25.3 Å². The van der Waals surface area contributed by atoms with Gasteiger partial charge in [-0.15, -0.1) is 12.4 Å². The topological polar surface area (TPSA) is 55.5 Å². The minimum absolute atomic E-state index is 0. The van der Waals surface area contributed by atoms with Gasteiger partial charge in [0.2, 0.25) is 6.43 Å². The number of nitrogens with two attached hydrogens (primary N) is 1. The lowest BCUT2D eigenvalue weighted by molar-refractivity contribution is 0.128. The predicted octanol–water partition coefficient (Wildman–Crippen LogP) is 2.48. The van der Waals surface area contributed by atoms with Crippen molar-refractivity contribution in [1.29, 1.82) is 0 Å². The molecular formula is C10H14ClF2NO2. The lowest BCUT2D eigenvalue weighted by atomic mass is 10.0. The van der Waals surface area contributed by atoms with Crippen LogP contribution in [0.25, 0.3) is 0 Å². The highest BCUT2D eigenvalue weighted by Crippen LogP contribution is 2.30. The molecule has 0 amide bonds. The zero-order valence-corrected chi connectivity index (χ0v) is 9.51. The van der Waals surface area contributed by atoms with Crippen LogP contribution in [0.4, 0.5) is 8.78 Å². The number of rotatable bonds is 4. The predicted molar refractivity (Wildman–Crippen MR) is 59.5 cm³/mol. The molecule has 1 atom stereocenters. The first-order valence-corrected chi connectivity index (χ1v) is 4.45. The van der Waals surface area contributed by atoms with Gasteiger partial charge < -0.3 is 15.6 Å². The molecule has 1 aromatic rings. The van der Waals surface area contributed by atoms with E-state index < -0.39 is 18.9 Å². The van der Waals surface area contributed by atoms with Crippen molar-refractivity contribution in [3.63, 3.8) is 0 Å². The summed E-state index contributed by atoms with van der Waals surface area (Å²) in [6.07, 6.45) is -2.89. The monoisotopic (exact) mass is 253 g/mol. The Bertz CT molecular complexity index is 337. The van der Waals surface area contributed by atoms with Crippen LogP contribution in [-0.2, 0) is 0 Å². The highest BCUT2D eigenvalue weighted by Gasteiger charge is 2.16. The third-order valence-electron chi connectivity index (χ3n) is 2.05. The van der Waals surface area contributed by atoms with Crippen molar-refractivity contribution in [2.24, 2.45) is 5.73 Å². The summed E-state index contributed by atoms with van der Waals surface area (Å²) in [5, 5.41) is 9.16. The van der Waals surface area contributed by atoms with E-state index in [1.807, 2.05) is 0 Å². The van der Waals surface area contributed by atoms with Gasteiger partial charge in [-0.25, -0.2) is 8.78 Å². The van der Waals surface area contributed by atoms with Crippen LogP contribution in [0.5, 0.6) is 11.5 Å². The lowest BCUT2D eigenvalue weighted by Gasteiger charge is -2.15. The third-order valence-corrected chi connectivity index (χ3v) is 2.05. The molecule has 16 heavy (non-hydrogen) atoms. The summed E-state index contributed by atoms with van der Waals surface area (Å²) < 4.78 is 29.2. The maximum absolute atomic E-state index is 12.1. The average molecular weight is 254 g/mol. The van der Waals surface area contributed by atoms with E-state index in [1.54, 1.807) is 0 Å². The number of benzene rings is 1. The molecule has 0 spiro atoms. The first-order chi connectivity index (χ1) is 7.04. The smallest absolute Gasteiger partial charge is 0.240 e. The minimum atomic E-state index is -2.46. The molecule has 92 valence electrons. The fourth-order valence-corrected chi connectivity index (χ4v) is 1.33. The Balaban J connectivity index is 0.00000225. The lowest BCUT2D eigenvalue weighted by Crippen LogP contribution is -2.14. The van der Waals surface area contributed by atoms with Crippen molar-refractivity contribution in [3.05, 3.63) is 23.8 Å². The third kappa shape index (κ3) is 3.83. The number of methoxy groups -OCH3 is 1. The number of phenols is 1. The summed E-state index contributed by atoms with van der Waals surface area (Å²) in [5.74, 6) is 0.336. The molecule has 0 bridgehead atoms. The molecule has 0 fully saturated rings. The quantitative estimate of drug-likeness (QED) is 0.867. The normalized spacial score (nSPS) is 12.1. The van der Waals surface area contributed by atoms with Crippen LogP contribution in [0.3, 0.4) is 0 Å². The number of halogens is 3. The standard InChI is InChI=1S/C10H13F2NO2.ClH/c1-15-9-4-6(14)2-3-7(9)8(13)5-10(11)12;/h2-4,8,10,14H,5,13H2,1H3;1H/t8-;/m0./s1. The highest BCUT2D eigenvalue weighted by atomic mass is 35.5. The van der Waals surface area contributed by atoms with Crippen LogP contribution in [-0.4, -0.2) is 18.6 Å². The molecule has 0 heterocycles. The van der Waals surface area contributed by atoms with E-state index >= 15 is 0 Å². The molecule has 0 radical (unpaired) electrons. The Morgan fingerprint density at radius 2 is 2.06 bits per heavy atom. The van der Waals surface area contributed by atoms with E-state index in [2.05, 4.69) is 0 Å². The Morgan fingerprint density at radius 3 is 2.56 bits per heavy atom. The van der Waals surface area contributed by atoms with Crippen LogP contribution in [0.2, 0.25) is 0 Å². The van der Waals surface area contributed by atoms with Crippen LogP contribution >= 0.6 is 12.4 Å². The Hall–Kier alpha value is -1.07. The molecular weight excluding hydrogens is 240 g/mol. The van der Waals surface area contributed by atoms with Gasteiger partial charge in [0, 0.05) is 24.1 Å². The summed E-state index contributed by atoms with van der Waals surface area (Å²) in [6.45, 7) is 0. The number of hydrogen-bond acceptors (Lipinski definition) is 3. The van der Waals surface area contributed by atoms with Crippen molar-refractivity contribution in [1.82, 2.24) is 0 Å². The molecule has 0 saturated heterocycles. The van der Waals surface area contributed by atoms with Crippen LogP contribution in [0.1, 0.15) is 18.0 Å². The van der Waals surface area contributed by atoms with Crippen molar-refractivity contribution >= 4 is 12.4 Å². The van der Waals surface area contributed by atoms with Crippen molar-refractivity contribution < 1.29 is 18.6 Å². The van der Waals surface area contributed by atoms with Gasteiger partial charge >= 0.3 is 0 Å². The first kappa shape index (κ1) is 14.9. The van der Waals surface area contributed by atoms with Crippen LogP contribution < -0.4 is 10.5 Å². The maximum atomic E-state index is 12.1. The molecule has 0 saturated carbocycles. The van der Waals surface area contributed by atoms with Gasteiger partial charge in [-0.2, -0.15) is 0 Å². The second-order valence-corrected chi connectivity index (χ2v) is 3.16. The van der Waals surface area contributed by atoms with E-state index in [4.69, 9.17) is 15.6 Å². The molecule has 0 aromatic heterocycles. The summed E-state index contributed by atoms with van der Waals surface area (Å²) in [6, 6.07) is 3.44. The number of ether oxygens (including phenoxy) is 1. The molecule has 3 N–H and O–H groups in total. The second kappa shape index (κ2) is 6.50. The average Bonchev–Trinajstić information content (AvgIpc) is 2.16. The Labute approximate surface area is 98.6 Å². The van der Waals surface area contributed by atoms with E-state index in [0.29, 0.717) is 11.3 Å². The molecule has 0 aliphatic heterocycles. The maximum Gasteiger partial charge on any atom is 0.240 e. The van der Waals surface area contributed by atoms with Crippen LogP contribution in [0.15, 0.2) is 18.2 Å². The zero-order chi connectivity index (χ0) is 11.4. The van der Waals surface area contributed by atoms with E-state index in [-0.39, 0.29) is 18.2 Å². The van der Waals surface area contributed by atoms with Gasteiger partial charge in [0.15, 0.2) is 0 Å². The van der Waals surface area contributed by atoms with Gasteiger partial charge in [-0.1, -0.05) is 6.07 Å². The summed E-state index contributed by atoms with van der Waals surface area (Å²) in [4.78, 5) is 0. The summed E-state index contributed by atoms with van der Waals surface area (Å²) in [7, 11) is 1.40. The fourth-order valence-electron chi connectivity index (χ4n) is 1.33. The fraction of sp³-hybridized carbons (Fsp3) is 0.400. The number of hydrogen-bond donors (Lipinski definition) is 2. The van der Waals surface area contributed by atoms with Crippen LogP contribution in [0, 0.1) is 0 Å². The number of phenolic OH excluding ortho intramolecular Hbond substituents is 1. The largest absolute Gasteiger partial charge is 0.508 e. The molecule has 3 nitrogen and oxygen atoms in total. The summed E-state index contributed by atoms with van der Waals surface area (Å²) in [5.41, 5.74) is 6.05. The van der Waals surface area contributed by atoms with E-state index in [0.717, 1.165) is 0 Å². The van der Waals surface area contributed by atoms with Gasteiger partial charge in [0.25, 0.3) is 0 Å². The van der Waals surface area contributed by atoms with Crippen molar-refractivity contribution in [2.45, 2.75) is 18.9 Å². The Morgan fingerprint density at radius 1 is 1.44 bits per heavy atom. The second-order valence-electron chi connectivity index (χ2n) is 3.16. The molecule has 0 aliphatic rings. The summed E-state index contributed by atoms with van der Waals surface area (Å²) >= 11 is 0. The molecule has 1 rings (SSSR count). The van der Waals surface area contributed by atoms with Gasteiger partial charge in [0.05, 0.1) is 7.11 Å². The molecule has 6 heteroatoms. The van der Waals surface area contributed by atoms with Gasteiger partial charge in [0.1, 0.15) is 11.5 Å². The van der Waals surface area contributed by atoms with Crippen molar-refractivity contribution in [2.75, 3.05) is 7.11 Å². The zero-order valence-electron chi connectivity index (χ0n) is 8.69. The number of aromatic hydroxyl groups is 1. The van der Waals surface area contributed by atoms with Gasteiger partial charge in [-0.3, -0.25) is 0 Å². The van der Waals surface area contributed by atoms with Gasteiger partial charge in [-0.05, 0) is 6.07 Å². The highest BCUT2D eigenvalue weighted by molar-refractivity contribution is 5.85. The van der Waals surface area contributed by atoms with E-state index in [9.17, 15) is 8.78 Å². The Kier molecular flexibility index (Phi) is 6.06. The first-order valence-electron chi connectivity index (χ1n) is 4.45. The number of alkyl halides is 2. The SMILES string of the molecule is COc1cc(O)ccc1[C@@H](N)CC(F)F.Cl. The van der Waals surface area contributed by atoms with Crippen molar-refractivity contribution in [3.8, 4) is 11.5 Å². The molecule has 0 aliphatic carbocycles. The molecule has 0 unspecified atom stereocenters.